The topological polar surface area (TPSA) is 12.9 Å². The molecule has 0 radical (unpaired) electrons. The molecule has 1 aromatic heterocycles. The Kier molecular flexibility index (Phi) is 21.3. The number of unbranched alkanes of at least 4 members (excludes halogenated alkanes) is 20. The highest BCUT2D eigenvalue weighted by atomic mass is 14.6. The summed E-state index contributed by atoms with van der Waals surface area (Å²) in [5, 5.41) is 0. The molecule has 0 aliphatic rings. The number of hydrogen-bond acceptors (Lipinski definition) is 1. The molecule has 0 saturated carbocycles. The van der Waals surface area contributed by atoms with Gasteiger partial charge < -0.3 is 0 Å². The minimum absolute atomic E-state index is 1.23. The van der Waals surface area contributed by atoms with Crippen LogP contribution in [0.1, 0.15) is 166 Å². The Bertz CT molecular complexity index is 450. The highest BCUT2D eigenvalue weighted by molar-refractivity contribution is 5.23. The molecule has 0 N–H and O–H groups in total. The molecule has 186 valence electrons. The molecule has 0 fully saturated rings. The minimum atomic E-state index is 1.23. The van der Waals surface area contributed by atoms with Crippen LogP contribution in [0, 0.1) is 0 Å². The van der Waals surface area contributed by atoms with Gasteiger partial charge in [-0.3, -0.25) is 4.98 Å². The van der Waals surface area contributed by atoms with Crippen LogP contribution in [0.3, 0.4) is 0 Å². The van der Waals surface area contributed by atoms with Gasteiger partial charge in [0.1, 0.15) is 0 Å². The van der Waals surface area contributed by atoms with Crippen molar-refractivity contribution < 1.29 is 0 Å². The highest BCUT2D eigenvalue weighted by Crippen LogP contribution is 2.17. The molecule has 1 heterocycles. The molecule has 1 nitrogen and oxygen atoms in total. The van der Waals surface area contributed by atoms with Crippen molar-refractivity contribution in [3.8, 4) is 0 Å². The van der Waals surface area contributed by atoms with Crippen LogP contribution in [0.25, 0.3) is 0 Å². The molecule has 0 saturated heterocycles. The number of rotatable bonds is 24. The molecule has 0 aliphatic heterocycles. The molecule has 0 amide bonds. The molecular formula is C31H57N. The Hall–Kier alpha value is -0.850. The second kappa shape index (κ2) is 23.3. The summed E-state index contributed by atoms with van der Waals surface area (Å²) < 4.78 is 0. The minimum Gasteiger partial charge on any atom is -0.264 e. The van der Waals surface area contributed by atoms with E-state index in [9.17, 15) is 0 Å². The predicted molar refractivity (Wildman–Crippen MR) is 145 cm³/mol. The van der Waals surface area contributed by atoms with Gasteiger partial charge in [-0.05, 0) is 42.9 Å². The van der Waals surface area contributed by atoms with Crippen LogP contribution in [0.4, 0.5) is 0 Å². The van der Waals surface area contributed by atoms with Gasteiger partial charge in [0, 0.05) is 12.4 Å². The zero-order chi connectivity index (χ0) is 23.0. The summed E-state index contributed by atoms with van der Waals surface area (Å²) in [6.07, 6.45) is 37.9. The van der Waals surface area contributed by atoms with Crippen molar-refractivity contribution in [1.29, 1.82) is 0 Å². The van der Waals surface area contributed by atoms with Crippen molar-refractivity contribution in [2.75, 3.05) is 0 Å². The van der Waals surface area contributed by atoms with Gasteiger partial charge in [0.25, 0.3) is 0 Å². The Morgan fingerprint density at radius 3 is 1.19 bits per heavy atom. The lowest BCUT2D eigenvalue weighted by atomic mass is 9.98. The zero-order valence-electron chi connectivity index (χ0n) is 22.1. The quantitative estimate of drug-likeness (QED) is 0.145. The van der Waals surface area contributed by atoms with E-state index >= 15 is 0 Å². The normalized spacial score (nSPS) is 11.3. The smallest absolute Gasteiger partial charge is 0.0302 e. The molecule has 1 rings (SSSR count). The number of aromatic nitrogens is 1. The molecule has 0 spiro atoms. The SMILES string of the molecule is CCCCCCCCCCCCCc1ccncc1CCCCCCCCCCCCC. The summed E-state index contributed by atoms with van der Waals surface area (Å²) in [4.78, 5) is 4.42. The molecule has 1 heteroatoms. The van der Waals surface area contributed by atoms with Gasteiger partial charge in [0.05, 0.1) is 0 Å². The monoisotopic (exact) mass is 443 g/mol. The number of pyridine rings is 1. The maximum absolute atomic E-state index is 4.42. The van der Waals surface area contributed by atoms with E-state index in [1.54, 1.807) is 5.56 Å². The fraction of sp³-hybridized carbons (Fsp3) is 0.839. The average molecular weight is 444 g/mol. The van der Waals surface area contributed by atoms with Crippen LogP contribution in [-0.2, 0) is 12.8 Å². The van der Waals surface area contributed by atoms with Crippen LogP contribution in [0.15, 0.2) is 18.5 Å². The maximum atomic E-state index is 4.42. The van der Waals surface area contributed by atoms with Gasteiger partial charge in [-0.15, -0.1) is 0 Å². The van der Waals surface area contributed by atoms with Crippen molar-refractivity contribution in [3.05, 3.63) is 29.6 Å². The first-order chi connectivity index (χ1) is 15.9. The predicted octanol–water partition coefficient (Wildman–Crippen LogP) is 10.8. The summed E-state index contributed by atoms with van der Waals surface area (Å²) in [6.45, 7) is 4.60. The number of nitrogens with zero attached hydrogens (tertiary/aromatic N) is 1. The molecule has 0 aromatic carbocycles. The first-order valence-electron chi connectivity index (χ1n) is 14.8. The molecule has 0 aliphatic carbocycles. The highest BCUT2D eigenvalue weighted by Gasteiger charge is 2.03. The van der Waals surface area contributed by atoms with Gasteiger partial charge >= 0.3 is 0 Å². The van der Waals surface area contributed by atoms with Crippen LogP contribution in [0.5, 0.6) is 0 Å². The van der Waals surface area contributed by atoms with Crippen molar-refractivity contribution in [1.82, 2.24) is 4.98 Å². The van der Waals surface area contributed by atoms with E-state index in [0.717, 1.165) is 0 Å². The fourth-order valence-corrected chi connectivity index (χ4v) is 4.88. The van der Waals surface area contributed by atoms with Crippen LogP contribution in [0.2, 0.25) is 0 Å². The Morgan fingerprint density at radius 1 is 0.438 bits per heavy atom. The van der Waals surface area contributed by atoms with E-state index in [-0.39, 0.29) is 0 Å². The van der Waals surface area contributed by atoms with Crippen molar-refractivity contribution in [2.24, 2.45) is 0 Å². The lowest BCUT2D eigenvalue weighted by Gasteiger charge is -2.09. The van der Waals surface area contributed by atoms with Gasteiger partial charge in [-0.2, -0.15) is 0 Å². The zero-order valence-corrected chi connectivity index (χ0v) is 22.1. The third kappa shape index (κ3) is 17.7. The van der Waals surface area contributed by atoms with E-state index in [2.05, 4.69) is 31.1 Å². The van der Waals surface area contributed by atoms with E-state index in [0.29, 0.717) is 0 Å². The Balaban J connectivity index is 1.99. The maximum Gasteiger partial charge on any atom is 0.0302 e. The summed E-state index contributed by atoms with van der Waals surface area (Å²) in [5.41, 5.74) is 3.10. The summed E-state index contributed by atoms with van der Waals surface area (Å²) >= 11 is 0. The van der Waals surface area contributed by atoms with Gasteiger partial charge in [0.2, 0.25) is 0 Å². The van der Waals surface area contributed by atoms with Crippen molar-refractivity contribution in [3.63, 3.8) is 0 Å². The summed E-state index contributed by atoms with van der Waals surface area (Å²) in [6, 6.07) is 2.28. The van der Waals surface area contributed by atoms with Crippen LogP contribution >= 0.6 is 0 Å². The van der Waals surface area contributed by atoms with Gasteiger partial charge in [-0.1, -0.05) is 142 Å². The third-order valence-electron chi connectivity index (χ3n) is 7.10. The molecule has 1 aromatic rings. The molecule has 0 bridgehead atoms. The van der Waals surface area contributed by atoms with Crippen LogP contribution < -0.4 is 0 Å². The number of hydrogen-bond donors (Lipinski definition) is 0. The fourth-order valence-electron chi connectivity index (χ4n) is 4.88. The van der Waals surface area contributed by atoms with E-state index < -0.39 is 0 Å². The third-order valence-corrected chi connectivity index (χ3v) is 7.10. The largest absolute Gasteiger partial charge is 0.264 e. The molecule has 0 atom stereocenters. The lowest BCUT2D eigenvalue weighted by Crippen LogP contribution is -1.96. The van der Waals surface area contributed by atoms with Gasteiger partial charge in [0.15, 0.2) is 0 Å². The first kappa shape index (κ1) is 29.2. The Labute approximate surface area is 202 Å². The van der Waals surface area contributed by atoms with Crippen molar-refractivity contribution in [2.45, 2.75) is 168 Å². The molecule has 0 unspecified atom stereocenters. The standard InChI is InChI=1S/C31H57N/c1-3-5-7-9-11-13-15-17-19-21-23-25-30-27-28-32-29-31(30)26-24-22-20-18-16-14-12-10-8-6-4-2/h27-29H,3-26H2,1-2H3. The second-order valence-corrected chi connectivity index (χ2v) is 10.2. The van der Waals surface area contributed by atoms with E-state index in [1.807, 2.05) is 6.20 Å². The Morgan fingerprint density at radius 2 is 0.781 bits per heavy atom. The molecular weight excluding hydrogens is 386 g/mol. The summed E-state index contributed by atoms with van der Waals surface area (Å²) in [7, 11) is 0. The van der Waals surface area contributed by atoms with Crippen LogP contribution in [-0.4, -0.2) is 4.98 Å². The first-order valence-corrected chi connectivity index (χ1v) is 14.8. The summed E-state index contributed by atoms with van der Waals surface area (Å²) in [5.74, 6) is 0. The molecule has 32 heavy (non-hydrogen) atoms. The second-order valence-electron chi connectivity index (χ2n) is 10.2. The van der Waals surface area contributed by atoms with Crippen molar-refractivity contribution >= 4 is 0 Å². The lowest BCUT2D eigenvalue weighted by molar-refractivity contribution is 0.547. The van der Waals surface area contributed by atoms with E-state index in [4.69, 9.17) is 0 Å². The van der Waals surface area contributed by atoms with E-state index in [1.165, 1.54) is 160 Å². The van der Waals surface area contributed by atoms with Gasteiger partial charge in [-0.25, -0.2) is 0 Å². The number of aryl methyl sites for hydroxylation is 2. The average Bonchev–Trinajstić information content (AvgIpc) is 2.81.